The Morgan fingerprint density at radius 2 is 1.72 bits per heavy atom. The molecule has 1 fully saturated rings. The van der Waals surface area contributed by atoms with Crippen LogP contribution in [0, 0.1) is 0 Å². The Kier molecular flexibility index (Phi) is 5.38. The predicted molar refractivity (Wildman–Crippen MR) is 115 cm³/mol. The lowest BCUT2D eigenvalue weighted by molar-refractivity contribution is 0.0746. The Hall–Kier alpha value is -2.71. The Morgan fingerprint density at radius 1 is 1.00 bits per heavy atom. The number of piperazine rings is 1. The first-order valence-corrected chi connectivity index (χ1v) is 12.0. The minimum atomic E-state index is -3.34. The first kappa shape index (κ1) is 19.6. The van der Waals surface area contributed by atoms with Crippen LogP contribution in [0.1, 0.15) is 10.4 Å². The minimum absolute atomic E-state index is 0.140. The van der Waals surface area contributed by atoms with E-state index in [1.807, 2.05) is 30.3 Å². The zero-order chi connectivity index (χ0) is 20.4. The second-order valence-corrected chi connectivity index (χ2v) is 9.81. The minimum Gasteiger partial charge on any atom is -0.345 e. The van der Waals surface area contributed by atoms with Crippen molar-refractivity contribution in [2.24, 2.45) is 0 Å². The third-order valence-corrected chi connectivity index (χ3v) is 6.92. The fourth-order valence-electron chi connectivity index (χ4n) is 3.29. The topological polar surface area (TPSA) is 70.6 Å². The molecular formula is C21H21N3O3S2. The normalized spacial score (nSPS) is 14.8. The number of hydrogen-bond acceptors (Lipinski definition) is 6. The highest BCUT2D eigenvalue weighted by molar-refractivity contribution is 7.90. The Labute approximate surface area is 174 Å². The Balaban J connectivity index is 1.42. The second kappa shape index (κ2) is 7.96. The number of aromatic nitrogens is 1. The van der Waals surface area contributed by atoms with Crippen LogP contribution in [0.3, 0.4) is 0 Å². The van der Waals surface area contributed by atoms with E-state index >= 15 is 0 Å². The van der Waals surface area contributed by atoms with Crippen LogP contribution < -0.4 is 4.90 Å². The molecule has 2 heterocycles. The highest BCUT2D eigenvalue weighted by Crippen LogP contribution is 2.28. The molecule has 0 N–H and O–H groups in total. The van der Waals surface area contributed by atoms with E-state index in [-0.39, 0.29) is 10.8 Å². The lowest BCUT2D eigenvalue weighted by atomic mass is 10.2. The van der Waals surface area contributed by atoms with Crippen LogP contribution in [0.2, 0.25) is 0 Å². The molecular weight excluding hydrogens is 406 g/mol. The number of amides is 1. The van der Waals surface area contributed by atoms with Crippen LogP contribution in [0.5, 0.6) is 0 Å². The van der Waals surface area contributed by atoms with Crippen molar-refractivity contribution in [3.8, 4) is 11.3 Å². The molecule has 0 atom stereocenters. The zero-order valence-electron chi connectivity index (χ0n) is 16.0. The van der Waals surface area contributed by atoms with Crippen molar-refractivity contribution in [3.05, 3.63) is 65.5 Å². The van der Waals surface area contributed by atoms with Gasteiger partial charge in [-0.25, -0.2) is 13.4 Å². The van der Waals surface area contributed by atoms with E-state index in [1.165, 1.54) is 12.1 Å². The van der Waals surface area contributed by atoms with Crippen LogP contribution in [-0.4, -0.2) is 56.6 Å². The fourth-order valence-corrected chi connectivity index (χ4v) is 4.85. The van der Waals surface area contributed by atoms with Crippen molar-refractivity contribution in [3.63, 3.8) is 0 Å². The van der Waals surface area contributed by atoms with Gasteiger partial charge in [0.05, 0.1) is 10.6 Å². The summed E-state index contributed by atoms with van der Waals surface area (Å²) in [6.07, 6.45) is 1.15. The average Bonchev–Trinajstić information content (AvgIpc) is 3.24. The number of carbonyl (C=O) groups excluding carboxylic acids is 1. The summed E-state index contributed by atoms with van der Waals surface area (Å²) in [7, 11) is -3.34. The van der Waals surface area contributed by atoms with Crippen LogP contribution in [0.4, 0.5) is 5.13 Å². The predicted octanol–water partition coefficient (Wildman–Crippen LogP) is 3.18. The van der Waals surface area contributed by atoms with Gasteiger partial charge in [-0.2, -0.15) is 0 Å². The number of thiazole rings is 1. The van der Waals surface area contributed by atoms with Crippen molar-refractivity contribution in [2.75, 3.05) is 37.3 Å². The SMILES string of the molecule is CS(=O)(=O)c1cccc(C(=O)N2CCN(c3nc(-c4ccccc4)cs3)CC2)c1. The molecule has 4 rings (SSSR count). The van der Waals surface area contributed by atoms with E-state index in [0.717, 1.165) is 22.6 Å². The Morgan fingerprint density at radius 3 is 2.41 bits per heavy atom. The summed E-state index contributed by atoms with van der Waals surface area (Å²) >= 11 is 1.61. The van der Waals surface area contributed by atoms with Gasteiger partial charge < -0.3 is 9.80 Å². The highest BCUT2D eigenvalue weighted by atomic mass is 32.2. The average molecular weight is 428 g/mol. The summed E-state index contributed by atoms with van der Waals surface area (Å²) in [5.74, 6) is -0.140. The van der Waals surface area contributed by atoms with Gasteiger partial charge in [0.2, 0.25) is 0 Å². The van der Waals surface area contributed by atoms with E-state index < -0.39 is 9.84 Å². The Bertz CT molecular complexity index is 1120. The van der Waals surface area contributed by atoms with E-state index in [4.69, 9.17) is 4.98 Å². The highest BCUT2D eigenvalue weighted by Gasteiger charge is 2.24. The summed E-state index contributed by atoms with van der Waals surface area (Å²) < 4.78 is 23.5. The standard InChI is InChI=1S/C21H21N3O3S2/c1-29(26,27)18-9-5-8-17(14-18)20(25)23-10-12-24(13-11-23)21-22-19(15-28-21)16-6-3-2-4-7-16/h2-9,14-15H,10-13H2,1H3. The fraction of sp³-hybridized carbons (Fsp3) is 0.238. The summed E-state index contributed by atoms with van der Waals surface area (Å²) in [6, 6.07) is 16.3. The number of rotatable bonds is 4. The molecule has 1 saturated heterocycles. The van der Waals surface area contributed by atoms with Gasteiger partial charge >= 0.3 is 0 Å². The summed E-state index contributed by atoms with van der Waals surface area (Å²) in [5.41, 5.74) is 2.46. The van der Waals surface area contributed by atoms with Gasteiger partial charge in [-0.3, -0.25) is 4.79 Å². The van der Waals surface area contributed by atoms with Gasteiger partial charge in [0, 0.05) is 48.9 Å². The molecule has 0 spiro atoms. The molecule has 29 heavy (non-hydrogen) atoms. The monoisotopic (exact) mass is 427 g/mol. The van der Waals surface area contributed by atoms with Gasteiger partial charge in [-0.15, -0.1) is 11.3 Å². The molecule has 0 radical (unpaired) electrons. The molecule has 0 unspecified atom stereocenters. The van der Waals surface area contributed by atoms with Crippen molar-refractivity contribution >= 4 is 32.2 Å². The number of sulfone groups is 1. The van der Waals surface area contributed by atoms with Crippen LogP contribution in [0.15, 0.2) is 64.9 Å². The lowest BCUT2D eigenvalue weighted by Gasteiger charge is -2.34. The molecule has 0 bridgehead atoms. The van der Waals surface area contributed by atoms with E-state index in [9.17, 15) is 13.2 Å². The van der Waals surface area contributed by atoms with E-state index in [1.54, 1.807) is 28.4 Å². The maximum atomic E-state index is 12.8. The van der Waals surface area contributed by atoms with Crippen molar-refractivity contribution < 1.29 is 13.2 Å². The number of benzene rings is 2. The number of carbonyl (C=O) groups is 1. The summed E-state index contributed by atoms with van der Waals surface area (Å²) in [6.45, 7) is 2.53. The van der Waals surface area contributed by atoms with Gasteiger partial charge in [0.1, 0.15) is 0 Å². The molecule has 150 valence electrons. The van der Waals surface area contributed by atoms with E-state index in [2.05, 4.69) is 10.3 Å². The lowest BCUT2D eigenvalue weighted by Crippen LogP contribution is -2.48. The molecule has 8 heteroatoms. The maximum absolute atomic E-state index is 12.8. The molecule has 1 amide bonds. The van der Waals surface area contributed by atoms with Crippen LogP contribution in [0.25, 0.3) is 11.3 Å². The second-order valence-electron chi connectivity index (χ2n) is 6.96. The molecule has 1 aromatic heterocycles. The molecule has 1 aliphatic rings. The van der Waals surface area contributed by atoms with Crippen molar-refractivity contribution in [1.29, 1.82) is 0 Å². The van der Waals surface area contributed by atoms with Gasteiger partial charge in [0.15, 0.2) is 15.0 Å². The van der Waals surface area contributed by atoms with Gasteiger partial charge in [0.25, 0.3) is 5.91 Å². The third-order valence-electron chi connectivity index (χ3n) is 4.91. The van der Waals surface area contributed by atoms with Crippen molar-refractivity contribution in [1.82, 2.24) is 9.88 Å². The third kappa shape index (κ3) is 4.33. The molecule has 0 saturated carbocycles. The van der Waals surface area contributed by atoms with Gasteiger partial charge in [-0.1, -0.05) is 36.4 Å². The molecule has 3 aromatic rings. The molecule has 1 aliphatic heterocycles. The summed E-state index contributed by atoms with van der Waals surface area (Å²) in [4.78, 5) is 21.7. The smallest absolute Gasteiger partial charge is 0.254 e. The quantitative estimate of drug-likeness (QED) is 0.640. The molecule has 6 nitrogen and oxygen atoms in total. The number of nitrogens with zero attached hydrogens (tertiary/aromatic N) is 3. The molecule has 2 aromatic carbocycles. The van der Waals surface area contributed by atoms with Crippen molar-refractivity contribution in [2.45, 2.75) is 4.90 Å². The van der Waals surface area contributed by atoms with Crippen LogP contribution in [-0.2, 0) is 9.84 Å². The number of anilines is 1. The first-order chi connectivity index (χ1) is 13.9. The maximum Gasteiger partial charge on any atom is 0.254 e. The largest absolute Gasteiger partial charge is 0.345 e. The van der Waals surface area contributed by atoms with Crippen LogP contribution >= 0.6 is 11.3 Å². The first-order valence-electron chi connectivity index (χ1n) is 9.27. The van der Waals surface area contributed by atoms with E-state index in [0.29, 0.717) is 31.7 Å². The summed E-state index contributed by atoms with van der Waals surface area (Å²) in [5, 5.41) is 3.01. The molecule has 0 aliphatic carbocycles. The zero-order valence-corrected chi connectivity index (χ0v) is 17.6. The number of hydrogen-bond donors (Lipinski definition) is 0. The van der Waals surface area contributed by atoms with Gasteiger partial charge in [-0.05, 0) is 18.2 Å².